The predicted molar refractivity (Wildman–Crippen MR) is 96.9 cm³/mol. The van der Waals surface area contributed by atoms with Crippen LogP contribution in [-0.4, -0.2) is 15.5 Å². The van der Waals surface area contributed by atoms with E-state index >= 15 is 0 Å². The summed E-state index contributed by atoms with van der Waals surface area (Å²) >= 11 is 4.50. The van der Waals surface area contributed by atoms with E-state index < -0.39 is 0 Å². The Kier molecular flexibility index (Phi) is 4.54. The van der Waals surface area contributed by atoms with Crippen LogP contribution in [0.3, 0.4) is 0 Å². The molecule has 23 heavy (non-hydrogen) atoms. The van der Waals surface area contributed by atoms with E-state index in [2.05, 4.69) is 30.8 Å². The molecule has 0 atom stereocenters. The van der Waals surface area contributed by atoms with Crippen molar-refractivity contribution in [2.24, 2.45) is 0 Å². The van der Waals surface area contributed by atoms with E-state index in [0.717, 1.165) is 32.8 Å². The Morgan fingerprint density at radius 3 is 2.52 bits per heavy atom. The molecule has 1 aromatic heterocycles. The molecular formula is C17H14BrN3OS. The van der Waals surface area contributed by atoms with Crippen molar-refractivity contribution < 1.29 is 4.79 Å². The van der Waals surface area contributed by atoms with Crippen molar-refractivity contribution in [2.75, 3.05) is 5.32 Å². The van der Waals surface area contributed by atoms with Crippen molar-refractivity contribution in [3.8, 4) is 11.3 Å². The van der Waals surface area contributed by atoms with E-state index in [4.69, 9.17) is 0 Å². The maximum absolute atomic E-state index is 12.5. The molecule has 4 nitrogen and oxygen atoms in total. The molecule has 116 valence electrons. The lowest BCUT2D eigenvalue weighted by molar-refractivity contribution is 0.103. The predicted octanol–water partition coefficient (Wildman–Crippen LogP) is 4.84. The molecule has 2 aromatic carbocycles. The number of halogens is 1. The Bertz CT molecular complexity index is 859. The molecule has 0 radical (unpaired) electrons. The number of carbonyl (C=O) groups is 1. The summed E-state index contributed by atoms with van der Waals surface area (Å²) in [4.78, 5) is 13.0. The van der Waals surface area contributed by atoms with Gasteiger partial charge >= 0.3 is 0 Å². The average Bonchev–Trinajstić information content (AvgIpc) is 3.01. The Morgan fingerprint density at radius 1 is 1.09 bits per heavy atom. The highest BCUT2D eigenvalue weighted by molar-refractivity contribution is 9.10. The summed E-state index contributed by atoms with van der Waals surface area (Å²) in [5.41, 5.74) is 4.57. The third-order valence-corrected chi connectivity index (χ3v) is 4.83. The lowest BCUT2D eigenvalue weighted by atomic mass is 10.1. The first-order valence-corrected chi connectivity index (χ1v) is 8.58. The first-order chi connectivity index (χ1) is 11.0. The second-order valence-electron chi connectivity index (χ2n) is 5.21. The Hall–Kier alpha value is -2.05. The average molecular weight is 388 g/mol. The summed E-state index contributed by atoms with van der Waals surface area (Å²) in [6.45, 7) is 4.06. The van der Waals surface area contributed by atoms with Gasteiger partial charge in [0.25, 0.3) is 5.91 Å². The molecule has 6 heteroatoms. The second-order valence-corrected chi connectivity index (χ2v) is 6.88. The zero-order chi connectivity index (χ0) is 16.4. The molecule has 1 heterocycles. The Labute approximate surface area is 146 Å². The van der Waals surface area contributed by atoms with Crippen LogP contribution in [0.2, 0.25) is 0 Å². The standard InChI is InChI=1S/C17H14BrN3OS/c1-10-3-8-14(9-11(10)2)19-17(22)16-15(20-21-23-16)12-4-6-13(18)7-5-12/h3-9H,1-2H3,(H,19,22). The smallest absolute Gasteiger partial charge is 0.269 e. The maximum atomic E-state index is 12.5. The summed E-state index contributed by atoms with van der Waals surface area (Å²) in [5.74, 6) is -0.193. The number of nitrogens with one attached hydrogen (secondary N) is 1. The normalized spacial score (nSPS) is 10.6. The quantitative estimate of drug-likeness (QED) is 0.699. The summed E-state index contributed by atoms with van der Waals surface area (Å²) < 4.78 is 4.91. The van der Waals surface area contributed by atoms with Crippen LogP contribution in [-0.2, 0) is 0 Å². The zero-order valence-corrected chi connectivity index (χ0v) is 15.0. The minimum absolute atomic E-state index is 0.193. The van der Waals surface area contributed by atoms with E-state index in [-0.39, 0.29) is 5.91 Å². The molecule has 1 N–H and O–H groups in total. The minimum atomic E-state index is -0.193. The van der Waals surface area contributed by atoms with Crippen LogP contribution < -0.4 is 5.32 Å². The van der Waals surface area contributed by atoms with E-state index in [1.54, 1.807) is 0 Å². The zero-order valence-electron chi connectivity index (χ0n) is 12.6. The summed E-state index contributed by atoms with van der Waals surface area (Å²) in [6.07, 6.45) is 0. The number of carbonyl (C=O) groups excluding carboxylic acids is 1. The van der Waals surface area contributed by atoms with Crippen LogP contribution in [0.1, 0.15) is 20.8 Å². The lowest BCUT2D eigenvalue weighted by Gasteiger charge is -2.07. The van der Waals surface area contributed by atoms with Crippen LogP contribution in [0, 0.1) is 13.8 Å². The number of nitrogens with zero attached hydrogens (tertiary/aromatic N) is 2. The van der Waals surface area contributed by atoms with Crippen molar-refractivity contribution in [3.63, 3.8) is 0 Å². The minimum Gasteiger partial charge on any atom is -0.321 e. The van der Waals surface area contributed by atoms with E-state index in [0.29, 0.717) is 10.6 Å². The van der Waals surface area contributed by atoms with Gasteiger partial charge in [0.05, 0.1) is 0 Å². The van der Waals surface area contributed by atoms with Crippen LogP contribution in [0.4, 0.5) is 5.69 Å². The number of benzene rings is 2. The molecule has 0 saturated heterocycles. The van der Waals surface area contributed by atoms with Gasteiger partial charge in [0.15, 0.2) is 0 Å². The number of aromatic nitrogens is 2. The van der Waals surface area contributed by atoms with E-state index in [9.17, 15) is 4.79 Å². The van der Waals surface area contributed by atoms with Crippen molar-refractivity contribution >= 4 is 39.1 Å². The van der Waals surface area contributed by atoms with Gasteiger partial charge in [-0.05, 0) is 60.8 Å². The molecule has 0 fully saturated rings. The highest BCUT2D eigenvalue weighted by Crippen LogP contribution is 2.26. The molecule has 0 unspecified atom stereocenters. The van der Waals surface area contributed by atoms with E-state index in [1.807, 2.05) is 56.3 Å². The molecular weight excluding hydrogens is 374 g/mol. The van der Waals surface area contributed by atoms with Gasteiger partial charge < -0.3 is 5.32 Å². The van der Waals surface area contributed by atoms with Crippen LogP contribution >= 0.6 is 27.5 Å². The van der Waals surface area contributed by atoms with Gasteiger partial charge in [-0.1, -0.05) is 38.6 Å². The lowest BCUT2D eigenvalue weighted by Crippen LogP contribution is -2.11. The topological polar surface area (TPSA) is 54.9 Å². The molecule has 3 aromatic rings. The Balaban J connectivity index is 1.87. The van der Waals surface area contributed by atoms with Gasteiger partial charge in [-0.3, -0.25) is 4.79 Å². The van der Waals surface area contributed by atoms with Crippen molar-refractivity contribution in [2.45, 2.75) is 13.8 Å². The van der Waals surface area contributed by atoms with Gasteiger partial charge in [0.1, 0.15) is 10.6 Å². The maximum Gasteiger partial charge on any atom is 0.269 e. The summed E-state index contributed by atoms with van der Waals surface area (Å²) in [7, 11) is 0. The number of amides is 1. The third-order valence-electron chi connectivity index (χ3n) is 3.58. The van der Waals surface area contributed by atoms with Crippen molar-refractivity contribution in [1.82, 2.24) is 9.59 Å². The molecule has 3 rings (SSSR count). The van der Waals surface area contributed by atoms with Crippen LogP contribution in [0.25, 0.3) is 11.3 Å². The molecule has 1 amide bonds. The number of aryl methyl sites for hydroxylation is 2. The number of hydrogen-bond donors (Lipinski definition) is 1. The second kappa shape index (κ2) is 6.60. The fourth-order valence-electron chi connectivity index (χ4n) is 2.14. The number of rotatable bonds is 3. The Morgan fingerprint density at radius 2 is 1.83 bits per heavy atom. The summed E-state index contributed by atoms with van der Waals surface area (Å²) in [6, 6.07) is 13.5. The van der Waals surface area contributed by atoms with Gasteiger partial charge in [-0.15, -0.1) is 5.10 Å². The molecule has 0 aliphatic rings. The van der Waals surface area contributed by atoms with Gasteiger partial charge in [-0.25, -0.2) is 0 Å². The molecule has 0 aliphatic heterocycles. The van der Waals surface area contributed by atoms with Gasteiger partial charge in [0.2, 0.25) is 0 Å². The molecule has 0 spiro atoms. The van der Waals surface area contributed by atoms with Gasteiger partial charge in [0, 0.05) is 15.7 Å². The monoisotopic (exact) mass is 387 g/mol. The SMILES string of the molecule is Cc1ccc(NC(=O)c2snnc2-c2ccc(Br)cc2)cc1C. The van der Waals surface area contributed by atoms with Crippen LogP contribution in [0.15, 0.2) is 46.9 Å². The summed E-state index contributed by atoms with van der Waals surface area (Å²) in [5, 5.41) is 7.02. The first-order valence-electron chi connectivity index (χ1n) is 7.01. The molecule has 0 aliphatic carbocycles. The highest BCUT2D eigenvalue weighted by atomic mass is 79.9. The fraction of sp³-hybridized carbons (Fsp3) is 0.118. The third kappa shape index (κ3) is 3.48. The number of hydrogen-bond acceptors (Lipinski definition) is 4. The largest absolute Gasteiger partial charge is 0.321 e. The number of anilines is 1. The van der Waals surface area contributed by atoms with Crippen molar-refractivity contribution in [1.29, 1.82) is 0 Å². The van der Waals surface area contributed by atoms with Gasteiger partial charge in [-0.2, -0.15) is 0 Å². The highest BCUT2D eigenvalue weighted by Gasteiger charge is 2.18. The molecule has 0 bridgehead atoms. The fourth-order valence-corrected chi connectivity index (χ4v) is 2.99. The van der Waals surface area contributed by atoms with Crippen molar-refractivity contribution in [3.05, 3.63) is 62.9 Å². The van der Waals surface area contributed by atoms with Crippen LogP contribution in [0.5, 0.6) is 0 Å². The van der Waals surface area contributed by atoms with E-state index in [1.165, 1.54) is 5.56 Å². The first kappa shape index (κ1) is 15.8. The molecule has 0 saturated carbocycles.